The Morgan fingerprint density at radius 3 is 2.41 bits per heavy atom. The second-order valence-corrected chi connectivity index (χ2v) is 11.8. The van der Waals surface area contributed by atoms with Crippen molar-refractivity contribution in [2.75, 3.05) is 10.6 Å². The second kappa shape index (κ2) is 11.3. The minimum atomic E-state index is -0.758. The minimum Gasteiger partial charge on any atom is -0.444 e. The molecule has 10 nitrogen and oxygen atoms in total. The third-order valence-electron chi connectivity index (χ3n) is 5.32. The number of carbonyl (C=O) groups is 2. The molecule has 3 aromatic rings. The summed E-state index contributed by atoms with van der Waals surface area (Å²) in [5.74, 6) is -0.732. The minimum absolute atomic E-state index is 0.00432. The largest absolute Gasteiger partial charge is 0.444 e. The average Bonchev–Trinajstić information content (AvgIpc) is 3.34. The molecule has 2 heterocycles. The Hall–Kier alpha value is -4.20. The Labute approximate surface area is 227 Å². The third kappa shape index (κ3) is 7.89. The molecule has 0 saturated carbocycles. The summed E-state index contributed by atoms with van der Waals surface area (Å²) in [4.78, 5) is 25.0. The van der Waals surface area contributed by atoms with Crippen LogP contribution in [-0.4, -0.2) is 32.5 Å². The van der Waals surface area contributed by atoms with E-state index in [1.54, 1.807) is 32.9 Å². The number of hydrogen-bond acceptors (Lipinski definition) is 7. The van der Waals surface area contributed by atoms with Crippen molar-refractivity contribution in [3.8, 4) is 17.3 Å². The molecule has 0 radical (unpaired) electrons. The highest BCUT2D eigenvalue weighted by Crippen LogP contribution is 2.33. The van der Waals surface area contributed by atoms with E-state index in [4.69, 9.17) is 9.26 Å². The van der Waals surface area contributed by atoms with Crippen LogP contribution in [0.3, 0.4) is 0 Å². The van der Waals surface area contributed by atoms with Crippen LogP contribution in [0.5, 0.6) is 0 Å². The second-order valence-electron chi connectivity index (χ2n) is 11.8. The van der Waals surface area contributed by atoms with Crippen LogP contribution in [0.2, 0.25) is 0 Å². The summed E-state index contributed by atoms with van der Waals surface area (Å²) >= 11 is 0. The number of nitrogens with one attached hydrogen (secondary N) is 2. The van der Waals surface area contributed by atoms with Gasteiger partial charge in [-0.1, -0.05) is 32.0 Å². The van der Waals surface area contributed by atoms with Crippen molar-refractivity contribution in [2.24, 2.45) is 5.41 Å². The lowest BCUT2D eigenvalue weighted by molar-refractivity contribution is -0.115. The first-order valence-corrected chi connectivity index (χ1v) is 12.6. The van der Waals surface area contributed by atoms with Gasteiger partial charge in [0.1, 0.15) is 28.7 Å². The number of anilines is 2. The molecule has 11 heteroatoms. The fourth-order valence-electron chi connectivity index (χ4n) is 3.85. The number of nitriles is 1. The first kappa shape index (κ1) is 29.4. The van der Waals surface area contributed by atoms with E-state index in [-0.39, 0.29) is 46.4 Å². The highest BCUT2D eigenvalue weighted by Gasteiger charge is 2.26. The lowest BCUT2D eigenvalue weighted by Gasteiger charge is -2.20. The van der Waals surface area contributed by atoms with Crippen molar-refractivity contribution in [3.05, 3.63) is 46.9 Å². The van der Waals surface area contributed by atoms with Gasteiger partial charge in [-0.2, -0.15) is 10.4 Å². The van der Waals surface area contributed by atoms with Gasteiger partial charge >= 0.3 is 6.09 Å². The van der Waals surface area contributed by atoms with Crippen LogP contribution < -0.4 is 10.6 Å². The molecule has 2 aromatic heterocycles. The molecule has 0 unspecified atom stereocenters. The van der Waals surface area contributed by atoms with Crippen LogP contribution in [0.1, 0.15) is 78.3 Å². The number of ether oxygens (including phenoxy) is 1. The zero-order valence-electron chi connectivity index (χ0n) is 23.6. The summed E-state index contributed by atoms with van der Waals surface area (Å²) in [7, 11) is 0. The summed E-state index contributed by atoms with van der Waals surface area (Å²) in [6.45, 7) is 15.0. The fourth-order valence-corrected chi connectivity index (χ4v) is 3.85. The first-order chi connectivity index (χ1) is 18.1. The molecule has 0 spiro atoms. The lowest BCUT2D eigenvalue weighted by atomic mass is 9.91. The maximum absolute atomic E-state index is 15.3. The summed E-state index contributed by atoms with van der Waals surface area (Å²) in [5, 5.41) is 23.5. The van der Waals surface area contributed by atoms with E-state index in [1.165, 1.54) is 16.8 Å². The van der Waals surface area contributed by atoms with Crippen LogP contribution in [0.15, 0.2) is 28.8 Å². The van der Waals surface area contributed by atoms with E-state index in [1.807, 2.05) is 19.9 Å². The fraction of sp³-hybridized carbons (Fsp3) is 0.464. The van der Waals surface area contributed by atoms with E-state index in [0.29, 0.717) is 12.0 Å². The molecule has 0 aliphatic heterocycles. The van der Waals surface area contributed by atoms with Crippen LogP contribution >= 0.6 is 0 Å². The Bertz CT molecular complexity index is 1400. The number of hydrogen-bond donors (Lipinski definition) is 2. The molecular formula is C28H35FN6O4. The van der Waals surface area contributed by atoms with Crippen molar-refractivity contribution in [3.63, 3.8) is 0 Å². The molecule has 3 rings (SSSR count). The van der Waals surface area contributed by atoms with Crippen LogP contribution in [0.4, 0.5) is 20.9 Å². The third-order valence-corrected chi connectivity index (χ3v) is 5.32. The van der Waals surface area contributed by atoms with E-state index in [0.717, 1.165) is 5.69 Å². The predicted octanol–water partition coefficient (Wildman–Crippen LogP) is 6.25. The molecule has 0 fully saturated rings. The summed E-state index contributed by atoms with van der Waals surface area (Å²) in [6, 6.07) is 7.70. The highest BCUT2D eigenvalue weighted by atomic mass is 19.1. The van der Waals surface area contributed by atoms with Gasteiger partial charge in [0.05, 0.1) is 12.1 Å². The van der Waals surface area contributed by atoms with Crippen LogP contribution in [0.25, 0.3) is 11.3 Å². The van der Waals surface area contributed by atoms with Gasteiger partial charge in [0.15, 0.2) is 5.82 Å². The maximum atomic E-state index is 15.3. The van der Waals surface area contributed by atoms with Crippen LogP contribution in [0, 0.1) is 22.6 Å². The first-order valence-electron chi connectivity index (χ1n) is 12.6. The van der Waals surface area contributed by atoms with Gasteiger partial charge in [-0.05, 0) is 64.2 Å². The maximum Gasteiger partial charge on any atom is 0.413 e. The van der Waals surface area contributed by atoms with E-state index in [9.17, 15) is 14.9 Å². The molecular weight excluding hydrogens is 503 g/mol. The number of nitrogens with zero attached hydrogens (tertiary/aromatic N) is 4. The smallest absolute Gasteiger partial charge is 0.413 e. The Morgan fingerprint density at radius 1 is 1.15 bits per heavy atom. The zero-order valence-corrected chi connectivity index (χ0v) is 23.6. The lowest BCUT2D eigenvalue weighted by Crippen LogP contribution is -2.28. The van der Waals surface area contributed by atoms with Crippen molar-refractivity contribution in [1.82, 2.24) is 14.9 Å². The summed E-state index contributed by atoms with van der Waals surface area (Å²) in [6.07, 6.45) is -0.180. The average molecular weight is 539 g/mol. The normalized spacial score (nSPS) is 11.8. The quantitative estimate of drug-likeness (QED) is 0.363. The van der Waals surface area contributed by atoms with Gasteiger partial charge in [-0.15, -0.1) is 0 Å². The molecule has 1 aromatic carbocycles. The number of rotatable bonds is 7. The van der Waals surface area contributed by atoms with E-state index >= 15 is 4.39 Å². The Balaban J connectivity index is 1.81. The number of carbonyl (C=O) groups excluding carboxylic acids is 2. The molecule has 0 bridgehead atoms. The van der Waals surface area contributed by atoms with E-state index in [2.05, 4.69) is 41.7 Å². The zero-order chi connectivity index (χ0) is 29.1. The van der Waals surface area contributed by atoms with Crippen LogP contribution in [-0.2, 0) is 22.4 Å². The summed E-state index contributed by atoms with van der Waals surface area (Å²) in [5.41, 5.74) is 0.526. The SMILES string of the molecule is CC(C)n1nc(-c2ccc(CC(=O)Nc3cc(CC(C)(C)C)no3)cc2F)c(C#N)c1NC(=O)OC(C)(C)C. The molecule has 0 saturated heterocycles. The van der Waals surface area contributed by atoms with Gasteiger partial charge in [-0.3, -0.25) is 15.4 Å². The van der Waals surface area contributed by atoms with Gasteiger partial charge in [-0.25, -0.2) is 13.9 Å². The molecule has 0 aliphatic carbocycles. The number of halogens is 1. The topological polar surface area (TPSA) is 135 Å². The van der Waals surface area contributed by atoms with Gasteiger partial charge in [0, 0.05) is 17.7 Å². The van der Waals surface area contributed by atoms with Gasteiger partial charge in [0.25, 0.3) is 0 Å². The Kier molecular flexibility index (Phi) is 8.48. The molecule has 2 N–H and O–H groups in total. The molecule has 0 aliphatic rings. The number of benzene rings is 1. The molecule has 39 heavy (non-hydrogen) atoms. The van der Waals surface area contributed by atoms with Gasteiger partial charge in [0.2, 0.25) is 11.8 Å². The van der Waals surface area contributed by atoms with E-state index < -0.39 is 23.4 Å². The number of aromatic nitrogens is 3. The molecule has 0 atom stereocenters. The van der Waals surface area contributed by atoms with Crippen molar-refractivity contribution in [2.45, 2.75) is 79.9 Å². The summed E-state index contributed by atoms with van der Waals surface area (Å²) < 4.78 is 27.2. The predicted molar refractivity (Wildman–Crippen MR) is 145 cm³/mol. The number of amides is 2. The standard InChI is InChI=1S/C28H35FN6O4/c1-16(2)35-25(32-26(37)38-28(6,7)8)20(15-30)24(33-35)19-10-9-17(11-21(19)29)12-22(36)31-23-13-18(34-39-23)14-27(3,4)5/h9-11,13,16H,12,14H2,1-8H3,(H,31,36)(H,32,37). The van der Waals surface area contributed by atoms with Crippen molar-refractivity contribution >= 4 is 23.7 Å². The van der Waals surface area contributed by atoms with Gasteiger partial charge < -0.3 is 9.26 Å². The molecule has 208 valence electrons. The van der Waals surface area contributed by atoms with Crippen molar-refractivity contribution in [1.29, 1.82) is 5.26 Å². The van der Waals surface area contributed by atoms with Crippen molar-refractivity contribution < 1.29 is 23.2 Å². The molecule has 2 amide bonds. The Morgan fingerprint density at radius 2 is 1.85 bits per heavy atom. The monoisotopic (exact) mass is 538 g/mol. The highest BCUT2D eigenvalue weighted by molar-refractivity contribution is 5.91.